The second kappa shape index (κ2) is 7.29. The van der Waals surface area contributed by atoms with Gasteiger partial charge in [-0.1, -0.05) is 31.0 Å². The van der Waals surface area contributed by atoms with Gasteiger partial charge in [0.1, 0.15) is 0 Å². The molecule has 20 heavy (non-hydrogen) atoms. The molecule has 1 aromatic carbocycles. The third kappa shape index (κ3) is 3.73. The van der Waals surface area contributed by atoms with Crippen molar-refractivity contribution in [3.8, 4) is 0 Å². The number of nitrogens with zero attached hydrogens (tertiary/aromatic N) is 1. The summed E-state index contributed by atoms with van der Waals surface area (Å²) in [6.45, 7) is 2.05. The normalized spacial score (nSPS) is 17.2. The van der Waals surface area contributed by atoms with Gasteiger partial charge in [0.15, 0.2) is 0 Å². The summed E-state index contributed by atoms with van der Waals surface area (Å²) in [5, 5.41) is 17.8. The summed E-state index contributed by atoms with van der Waals surface area (Å²) in [7, 11) is 0. The Balaban J connectivity index is 1.93. The van der Waals surface area contributed by atoms with Gasteiger partial charge in [0.25, 0.3) is 0 Å². The number of carbonyl (C=O) groups is 1. The van der Waals surface area contributed by atoms with Crippen molar-refractivity contribution in [2.75, 3.05) is 24.6 Å². The fourth-order valence-electron chi connectivity index (χ4n) is 2.95. The number of benzene rings is 1. The molecule has 2 N–H and O–H groups in total. The minimum Gasteiger partial charge on any atom is -0.481 e. The van der Waals surface area contributed by atoms with Gasteiger partial charge in [-0.2, -0.15) is 0 Å². The standard InChI is InChI=1S/C16H23NO3/c18-10-6-2-1-5-9-17-12-13(11-16(19)20)14-7-3-4-8-15(14)17/h3-4,7-8,13,18H,1-2,5-6,9-12H2,(H,19,20). The molecule has 0 radical (unpaired) electrons. The first kappa shape index (κ1) is 14.9. The molecule has 1 aliphatic heterocycles. The van der Waals surface area contributed by atoms with Crippen LogP contribution in [0.4, 0.5) is 5.69 Å². The number of unbranched alkanes of at least 4 members (excludes halogenated alkanes) is 3. The van der Waals surface area contributed by atoms with E-state index in [9.17, 15) is 4.79 Å². The molecule has 1 unspecified atom stereocenters. The largest absolute Gasteiger partial charge is 0.481 e. The van der Waals surface area contributed by atoms with Crippen LogP contribution in [-0.2, 0) is 4.79 Å². The van der Waals surface area contributed by atoms with E-state index in [-0.39, 0.29) is 18.9 Å². The van der Waals surface area contributed by atoms with Gasteiger partial charge in [-0.05, 0) is 24.5 Å². The molecule has 0 bridgehead atoms. The lowest BCUT2D eigenvalue weighted by atomic mass is 9.98. The molecule has 0 fully saturated rings. The van der Waals surface area contributed by atoms with E-state index >= 15 is 0 Å². The highest BCUT2D eigenvalue weighted by Gasteiger charge is 2.29. The highest BCUT2D eigenvalue weighted by atomic mass is 16.4. The van der Waals surface area contributed by atoms with Crippen molar-refractivity contribution < 1.29 is 15.0 Å². The van der Waals surface area contributed by atoms with Gasteiger partial charge < -0.3 is 15.1 Å². The van der Waals surface area contributed by atoms with E-state index in [1.807, 2.05) is 12.1 Å². The highest BCUT2D eigenvalue weighted by molar-refractivity contribution is 5.71. The van der Waals surface area contributed by atoms with Crippen molar-refractivity contribution in [3.05, 3.63) is 29.8 Å². The molecule has 2 rings (SSSR count). The summed E-state index contributed by atoms with van der Waals surface area (Å²) in [5.74, 6) is -0.615. The third-order valence-corrected chi connectivity index (χ3v) is 3.92. The van der Waals surface area contributed by atoms with Crippen LogP contribution in [0.15, 0.2) is 24.3 Å². The number of fused-ring (bicyclic) bond motifs is 1. The highest BCUT2D eigenvalue weighted by Crippen LogP contribution is 2.37. The van der Waals surface area contributed by atoms with Gasteiger partial charge in [-0.3, -0.25) is 4.79 Å². The molecule has 1 aromatic rings. The van der Waals surface area contributed by atoms with Crippen LogP contribution in [-0.4, -0.2) is 35.9 Å². The van der Waals surface area contributed by atoms with E-state index in [1.165, 1.54) is 11.3 Å². The van der Waals surface area contributed by atoms with Gasteiger partial charge >= 0.3 is 5.97 Å². The van der Waals surface area contributed by atoms with Crippen LogP contribution in [0.1, 0.15) is 43.6 Å². The third-order valence-electron chi connectivity index (χ3n) is 3.92. The minimum absolute atomic E-state index is 0.112. The van der Waals surface area contributed by atoms with Crippen LogP contribution in [0.5, 0.6) is 0 Å². The molecule has 0 spiro atoms. The molecule has 1 atom stereocenters. The molecule has 0 saturated carbocycles. The predicted molar refractivity (Wildman–Crippen MR) is 79.2 cm³/mol. The Hall–Kier alpha value is -1.55. The molecule has 4 heteroatoms. The molecule has 1 heterocycles. The van der Waals surface area contributed by atoms with E-state index in [1.54, 1.807) is 0 Å². The van der Waals surface area contributed by atoms with Crippen LogP contribution < -0.4 is 4.90 Å². The minimum atomic E-state index is -0.727. The van der Waals surface area contributed by atoms with Crippen molar-refractivity contribution in [3.63, 3.8) is 0 Å². The van der Waals surface area contributed by atoms with Crippen molar-refractivity contribution in [2.24, 2.45) is 0 Å². The number of carboxylic acids is 1. The fourth-order valence-corrected chi connectivity index (χ4v) is 2.95. The lowest BCUT2D eigenvalue weighted by Crippen LogP contribution is -2.23. The number of hydrogen-bond donors (Lipinski definition) is 2. The molecule has 0 aromatic heterocycles. The predicted octanol–water partition coefficient (Wildman–Crippen LogP) is 2.62. The Bertz CT molecular complexity index is 447. The maximum Gasteiger partial charge on any atom is 0.304 e. The molecule has 1 aliphatic rings. The Kier molecular flexibility index (Phi) is 5.41. The van der Waals surface area contributed by atoms with Crippen LogP contribution in [0.2, 0.25) is 0 Å². The smallest absolute Gasteiger partial charge is 0.304 e. The van der Waals surface area contributed by atoms with Gasteiger partial charge in [0.2, 0.25) is 0 Å². The van der Waals surface area contributed by atoms with E-state index < -0.39 is 5.97 Å². The summed E-state index contributed by atoms with van der Waals surface area (Å²) < 4.78 is 0. The van der Waals surface area contributed by atoms with Crippen molar-refractivity contribution >= 4 is 11.7 Å². The van der Waals surface area contributed by atoms with E-state index in [4.69, 9.17) is 10.2 Å². The topological polar surface area (TPSA) is 60.8 Å². The number of para-hydroxylation sites is 1. The maximum absolute atomic E-state index is 11.0. The zero-order chi connectivity index (χ0) is 14.4. The summed E-state index contributed by atoms with van der Waals surface area (Å²) >= 11 is 0. The molecular weight excluding hydrogens is 254 g/mol. The summed E-state index contributed by atoms with van der Waals surface area (Å²) in [6.07, 6.45) is 4.34. The lowest BCUT2D eigenvalue weighted by molar-refractivity contribution is -0.137. The number of aliphatic hydroxyl groups excluding tert-OH is 1. The number of hydrogen-bond acceptors (Lipinski definition) is 3. The average molecular weight is 277 g/mol. The monoisotopic (exact) mass is 277 g/mol. The van der Waals surface area contributed by atoms with Crippen LogP contribution in [0, 0.1) is 0 Å². The first-order chi connectivity index (χ1) is 9.72. The van der Waals surface area contributed by atoms with Gasteiger partial charge in [0.05, 0.1) is 6.42 Å². The summed E-state index contributed by atoms with van der Waals surface area (Å²) in [6, 6.07) is 8.14. The van der Waals surface area contributed by atoms with Crippen molar-refractivity contribution in [1.82, 2.24) is 0 Å². The van der Waals surface area contributed by atoms with Crippen LogP contribution >= 0.6 is 0 Å². The average Bonchev–Trinajstić information content (AvgIpc) is 2.77. The zero-order valence-corrected chi connectivity index (χ0v) is 11.8. The molecule has 0 amide bonds. The molecule has 0 aliphatic carbocycles. The Morgan fingerprint density at radius 3 is 2.70 bits per heavy atom. The van der Waals surface area contributed by atoms with E-state index in [2.05, 4.69) is 17.0 Å². The molecule has 0 saturated heterocycles. The van der Waals surface area contributed by atoms with E-state index in [0.717, 1.165) is 38.8 Å². The molecule has 110 valence electrons. The van der Waals surface area contributed by atoms with Gasteiger partial charge in [-0.25, -0.2) is 0 Å². The number of aliphatic carboxylic acids is 1. The second-order valence-electron chi connectivity index (χ2n) is 5.44. The number of anilines is 1. The maximum atomic E-state index is 11.0. The molecule has 4 nitrogen and oxygen atoms in total. The zero-order valence-electron chi connectivity index (χ0n) is 11.8. The number of aliphatic hydroxyl groups is 1. The lowest BCUT2D eigenvalue weighted by Gasteiger charge is -2.19. The second-order valence-corrected chi connectivity index (χ2v) is 5.44. The van der Waals surface area contributed by atoms with Crippen LogP contribution in [0.3, 0.4) is 0 Å². The van der Waals surface area contributed by atoms with Gasteiger partial charge in [-0.15, -0.1) is 0 Å². The summed E-state index contributed by atoms with van der Waals surface area (Å²) in [4.78, 5) is 13.3. The SMILES string of the molecule is O=C(O)CC1CN(CCCCCCO)c2ccccc21. The molecular formula is C16H23NO3. The fraction of sp³-hybridized carbons (Fsp3) is 0.562. The van der Waals surface area contributed by atoms with Crippen LogP contribution in [0.25, 0.3) is 0 Å². The van der Waals surface area contributed by atoms with E-state index in [0.29, 0.717) is 0 Å². The first-order valence-electron chi connectivity index (χ1n) is 7.39. The number of carboxylic acid groups (broad SMARTS) is 1. The van der Waals surface area contributed by atoms with Gasteiger partial charge in [0, 0.05) is 31.3 Å². The Morgan fingerprint density at radius 1 is 1.20 bits per heavy atom. The number of rotatable bonds is 8. The Labute approximate surface area is 120 Å². The first-order valence-corrected chi connectivity index (χ1v) is 7.39. The summed E-state index contributed by atoms with van der Waals surface area (Å²) in [5.41, 5.74) is 2.37. The van der Waals surface area contributed by atoms with Crippen molar-refractivity contribution in [2.45, 2.75) is 38.0 Å². The Morgan fingerprint density at radius 2 is 1.95 bits per heavy atom. The van der Waals surface area contributed by atoms with Crippen molar-refractivity contribution in [1.29, 1.82) is 0 Å². The quantitative estimate of drug-likeness (QED) is 0.717.